The van der Waals surface area contributed by atoms with Crippen molar-refractivity contribution in [3.8, 4) is 0 Å². The first-order valence-corrected chi connectivity index (χ1v) is 8.93. The van der Waals surface area contributed by atoms with Crippen molar-refractivity contribution in [2.75, 3.05) is 39.5 Å². The van der Waals surface area contributed by atoms with Gasteiger partial charge < -0.3 is 20.1 Å². The summed E-state index contributed by atoms with van der Waals surface area (Å²) in [7, 11) is 0. The summed E-state index contributed by atoms with van der Waals surface area (Å²) < 4.78 is 11.1. The Kier molecular flexibility index (Phi) is 7.46. The monoisotopic (exact) mass is 311 g/mol. The van der Waals surface area contributed by atoms with E-state index in [2.05, 4.69) is 24.5 Å². The number of nitrogens with one attached hydrogen (secondary N) is 2. The second-order valence-electron chi connectivity index (χ2n) is 6.85. The number of nitrogens with zero attached hydrogens (tertiary/aromatic N) is 1. The lowest BCUT2D eigenvalue weighted by Gasteiger charge is -2.21. The van der Waals surface area contributed by atoms with Gasteiger partial charge in [-0.05, 0) is 38.0 Å². The van der Waals surface area contributed by atoms with E-state index in [1.54, 1.807) is 0 Å². The smallest absolute Gasteiger partial charge is 0.191 e. The molecule has 1 saturated carbocycles. The predicted octanol–water partition coefficient (Wildman–Crippen LogP) is 2.32. The largest absolute Gasteiger partial charge is 0.379 e. The van der Waals surface area contributed by atoms with Crippen molar-refractivity contribution in [2.45, 2.75) is 58.5 Å². The third-order valence-corrected chi connectivity index (χ3v) is 4.63. The second kappa shape index (κ2) is 9.36. The van der Waals surface area contributed by atoms with Crippen LogP contribution in [0.3, 0.4) is 0 Å². The number of aliphatic imine (C=N–C) groups is 1. The fourth-order valence-corrected chi connectivity index (χ4v) is 3.17. The van der Waals surface area contributed by atoms with E-state index in [4.69, 9.17) is 14.5 Å². The number of ether oxygens (including phenoxy) is 2. The third kappa shape index (κ3) is 6.13. The van der Waals surface area contributed by atoms with Crippen LogP contribution in [-0.4, -0.2) is 51.5 Å². The molecular weight excluding hydrogens is 278 g/mol. The summed E-state index contributed by atoms with van der Waals surface area (Å²) in [6, 6.07) is 0. The van der Waals surface area contributed by atoms with Crippen molar-refractivity contribution in [1.82, 2.24) is 10.6 Å². The molecule has 1 atom stereocenters. The third-order valence-electron chi connectivity index (χ3n) is 4.63. The molecule has 5 nitrogen and oxygen atoms in total. The molecule has 0 radical (unpaired) electrons. The summed E-state index contributed by atoms with van der Waals surface area (Å²) in [4.78, 5) is 4.78. The Morgan fingerprint density at radius 1 is 1.32 bits per heavy atom. The zero-order chi connectivity index (χ0) is 15.7. The zero-order valence-corrected chi connectivity index (χ0v) is 14.3. The minimum absolute atomic E-state index is 0.309. The SMILES string of the molecule is CCNC(=NCC1(C)CCCC1)NCCCOC1CCOC1. The topological polar surface area (TPSA) is 54.9 Å². The number of guanidine groups is 1. The van der Waals surface area contributed by atoms with Crippen molar-refractivity contribution in [3.63, 3.8) is 0 Å². The minimum Gasteiger partial charge on any atom is -0.379 e. The van der Waals surface area contributed by atoms with E-state index in [0.29, 0.717) is 11.5 Å². The summed E-state index contributed by atoms with van der Waals surface area (Å²) in [5.74, 6) is 0.944. The summed E-state index contributed by atoms with van der Waals surface area (Å²) in [5.41, 5.74) is 0.411. The lowest BCUT2D eigenvalue weighted by atomic mass is 9.89. The summed E-state index contributed by atoms with van der Waals surface area (Å²) >= 11 is 0. The van der Waals surface area contributed by atoms with E-state index >= 15 is 0 Å². The first kappa shape index (κ1) is 17.5. The van der Waals surface area contributed by atoms with E-state index in [0.717, 1.165) is 58.3 Å². The van der Waals surface area contributed by atoms with E-state index in [-0.39, 0.29) is 0 Å². The summed E-state index contributed by atoms with van der Waals surface area (Å²) in [5, 5.41) is 6.75. The van der Waals surface area contributed by atoms with E-state index in [1.807, 2.05) is 0 Å². The highest BCUT2D eigenvalue weighted by Crippen LogP contribution is 2.37. The highest BCUT2D eigenvalue weighted by atomic mass is 16.5. The van der Waals surface area contributed by atoms with Crippen LogP contribution in [0.15, 0.2) is 4.99 Å². The molecule has 1 saturated heterocycles. The molecule has 0 aromatic carbocycles. The molecule has 2 N–H and O–H groups in total. The molecule has 0 bridgehead atoms. The predicted molar refractivity (Wildman–Crippen MR) is 90.3 cm³/mol. The normalized spacial score (nSPS) is 24.6. The molecule has 2 aliphatic rings. The van der Waals surface area contributed by atoms with E-state index in [9.17, 15) is 0 Å². The lowest BCUT2D eigenvalue weighted by molar-refractivity contribution is 0.0420. The van der Waals surface area contributed by atoms with Crippen LogP contribution in [0.5, 0.6) is 0 Å². The van der Waals surface area contributed by atoms with Crippen LogP contribution >= 0.6 is 0 Å². The van der Waals surface area contributed by atoms with Crippen LogP contribution in [0.1, 0.15) is 52.4 Å². The van der Waals surface area contributed by atoms with Crippen molar-refractivity contribution in [2.24, 2.45) is 10.4 Å². The summed E-state index contributed by atoms with van der Waals surface area (Å²) in [6.45, 7) is 9.60. The molecule has 0 aromatic heterocycles. The molecule has 0 spiro atoms. The van der Waals surface area contributed by atoms with Gasteiger partial charge in [0.15, 0.2) is 5.96 Å². The molecule has 1 heterocycles. The highest BCUT2D eigenvalue weighted by Gasteiger charge is 2.28. The standard InChI is InChI=1S/C17H33N3O2/c1-3-18-16(20-14-17(2)8-4-5-9-17)19-10-6-11-22-15-7-12-21-13-15/h15H,3-14H2,1-2H3,(H2,18,19,20). The van der Waals surface area contributed by atoms with E-state index in [1.165, 1.54) is 25.7 Å². The molecule has 0 aromatic rings. The maximum atomic E-state index is 5.78. The Morgan fingerprint density at radius 3 is 2.82 bits per heavy atom. The molecule has 1 aliphatic heterocycles. The van der Waals surface area contributed by atoms with Gasteiger partial charge >= 0.3 is 0 Å². The van der Waals surface area contributed by atoms with Crippen LogP contribution in [-0.2, 0) is 9.47 Å². The zero-order valence-electron chi connectivity index (χ0n) is 14.3. The van der Waals surface area contributed by atoms with Crippen molar-refractivity contribution in [1.29, 1.82) is 0 Å². The van der Waals surface area contributed by atoms with Gasteiger partial charge in [-0.2, -0.15) is 0 Å². The van der Waals surface area contributed by atoms with Gasteiger partial charge in [-0.3, -0.25) is 4.99 Å². The van der Waals surface area contributed by atoms with Crippen LogP contribution in [0.4, 0.5) is 0 Å². The summed E-state index contributed by atoms with van der Waals surface area (Å²) in [6.07, 6.45) is 7.69. The van der Waals surface area contributed by atoms with Gasteiger partial charge in [0.1, 0.15) is 0 Å². The Labute approximate surface area is 135 Å². The molecule has 5 heteroatoms. The number of hydrogen-bond acceptors (Lipinski definition) is 3. The van der Waals surface area contributed by atoms with Gasteiger partial charge in [-0.25, -0.2) is 0 Å². The van der Waals surface area contributed by atoms with Crippen LogP contribution in [0.2, 0.25) is 0 Å². The van der Waals surface area contributed by atoms with Crippen LogP contribution < -0.4 is 10.6 Å². The Hall–Kier alpha value is -0.810. The van der Waals surface area contributed by atoms with Crippen LogP contribution in [0, 0.1) is 5.41 Å². The van der Waals surface area contributed by atoms with Crippen LogP contribution in [0.25, 0.3) is 0 Å². The van der Waals surface area contributed by atoms with Gasteiger partial charge in [0.25, 0.3) is 0 Å². The Morgan fingerprint density at radius 2 is 2.14 bits per heavy atom. The molecule has 1 aliphatic carbocycles. The van der Waals surface area contributed by atoms with Crippen molar-refractivity contribution in [3.05, 3.63) is 0 Å². The number of hydrogen-bond donors (Lipinski definition) is 2. The van der Waals surface area contributed by atoms with Crippen molar-refractivity contribution >= 4 is 5.96 Å². The Bertz CT molecular complexity index is 335. The molecule has 0 amide bonds. The van der Waals surface area contributed by atoms with Gasteiger partial charge in [0.2, 0.25) is 0 Å². The quantitative estimate of drug-likeness (QED) is 0.410. The minimum atomic E-state index is 0.309. The van der Waals surface area contributed by atoms with E-state index < -0.39 is 0 Å². The number of rotatable bonds is 8. The van der Waals surface area contributed by atoms with Gasteiger partial charge in [0.05, 0.1) is 12.7 Å². The Balaban J connectivity index is 1.62. The average molecular weight is 311 g/mol. The van der Waals surface area contributed by atoms with Crippen molar-refractivity contribution < 1.29 is 9.47 Å². The molecular formula is C17H33N3O2. The van der Waals surface area contributed by atoms with Gasteiger partial charge in [-0.15, -0.1) is 0 Å². The van der Waals surface area contributed by atoms with Gasteiger partial charge in [0, 0.05) is 32.8 Å². The second-order valence-corrected chi connectivity index (χ2v) is 6.85. The maximum absolute atomic E-state index is 5.78. The lowest BCUT2D eigenvalue weighted by Crippen LogP contribution is -2.39. The average Bonchev–Trinajstić information content (AvgIpc) is 3.16. The molecule has 1 unspecified atom stereocenters. The molecule has 128 valence electrons. The first-order chi connectivity index (χ1) is 10.7. The maximum Gasteiger partial charge on any atom is 0.191 e. The molecule has 2 fully saturated rings. The van der Waals surface area contributed by atoms with Gasteiger partial charge in [-0.1, -0.05) is 19.8 Å². The molecule has 22 heavy (non-hydrogen) atoms. The fraction of sp³-hybridized carbons (Fsp3) is 0.941. The molecule has 2 rings (SSSR count). The highest BCUT2D eigenvalue weighted by molar-refractivity contribution is 5.79. The first-order valence-electron chi connectivity index (χ1n) is 8.93. The fourth-order valence-electron chi connectivity index (χ4n) is 3.17.